The van der Waals surface area contributed by atoms with E-state index >= 15 is 0 Å². The Morgan fingerprint density at radius 1 is 1.61 bits per heavy atom. The van der Waals surface area contributed by atoms with Crippen molar-refractivity contribution >= 4 is 11.8 Å². The Labute approximate surface area is 107 Å². The Bertz CT molecular complexity index is 600. The normalized spacial score (nSPS) is 27.1. The van der Waals surface area contributed by atoms with E-state index in [1.807, 2.05) is 0 Å². The Morgan fingerprint density at radius 2 is 2.33 bits per heavy atom. The van der Waals surface area contributed by atoms with Crippen LogP contribution in [0.1, 0.15) is 17.4 Å². The van der Waals surface area contributed by atoms with Gasteiger partial charge < -0.3 is 10.2 Å². The topological polar surface area (TPSA) is 95.3 Å². The number of thioether (sulfide) groups is 1. The maximum atomic E-state index is 11.7. The van der Waals surface area contributed by atoms with Crippen molar-refractivity contribution in [3.05, 3.63) is 32.6 Å². The van der Waals surface area contributed by atoms with E-state index in [1.54, 1.807) is 0 Å². The van der Waals surface area contributed by atoms with Gasteiger partial charge in [-0.15, -0.1) is 18.2 Å². The highest BCUT2D eigenvalue weighted by molar-refractivity contribution is 8.00. The molecule has 1 aliphatic heterocycles. The molecule has 0 spiro atoms. The fraction of sp³-hybridized carbons (Fsp3) is 0.455. The van der Waals surface area contributed by atoms with Crippen LogP contribution in [0.25, 0.3) is 0 Å². The van der Waals surface area contributed by atoms with Crippen LogP contribution in [-0.2, 0) is 0 Å². The summed E-state index contributed by atoms with van der Waals surface area (Å²) in [7, 11) is 0. The number of aromatic amines is 1. The van der Waals surface area contributed by atoms with Crippen LogP contribution in [0, 0.1) is 12.3 Å². The summed E-state index contributed by atoms with van der Waals surface area (Å²) in [6.45, 7) is -0.164. The van der Waals surface area contributed by atoms with E-state index in [9.17, 15) is 14.7 Å². The molecule has 3 atom stereocenters. The molecule has 0 saturated carbocycles. The van der Waals surface area contributed by atoms with Gasteiger partial charge in [0.15, 0.2) is 0 Å². The summed E-state index contributed by atoms with van der Waals surface area (Å²) >= 11 is 1.28. The second kappa shape index (κ2) is 5.02. The number of hydrogen-bond acceptors (Lipinski definition) is 5. The number of H-pyrrole nitrogens is 1. The van der Waals surface area contributed by atoms with Gasteiger partial charge in [0.05, 0.1) is 23.3 Å². The summed E-state index contributed by atoms with van der Waals surface area (Å²) in [6.07, 6.45) is 6.12. The van der Waals surface area contributed by atoms with Gasteiger partial charge in [-0.05, 0) is 0 Å². The van der Waals surface area contributed by atoms with Gasteiger partial charge in [-0.25, -0.2) is 4.79 Å². The Balaban J connectivity index is 2.39. The van der Waals surface area contributed by atoms with Gasteiger partial charge in [0.1, 0.15) is 5.56 Å². The number of rotatable bonds is 2. The second-order valence-electron chi connectivity index (χ2n) is 3.97. The molecular formula is C11H12N2O4S. The van der Waals surface area contributed by atoms with Crippen LogP contribution >= 0.6 is 11.8 Å². The first kappa shape index (κ1) is 13.0. The van der Waals surface area contributed by atoms with E-state index in [2.05, 4.69) is 10.9 Å². The number of hydrogen-bond donors (Lipinski definition) is 3. The number of aliphatic hydroxyl groups is 2. The lowest BCUT2D eigenvalue weighted by molar-refractivity contribution is 0.137. The van der Waals surface area contributed by atoms with Crippen molar-refractivity contribution in [1.82, 2.24) is 9.55 Å². The molecule has 1 aliphatic rings. The average molecular weight is 268 g/mol. The number of terminal acetylenes is 1. The maximum Gasteiger partial charge on any atom is 0.329 e. The zero-order valence-electron chi connectivity index (χ0n) is 9.37. The lowest BCUT2D eigenvalue weighted by Gasteiger charge is -2.12. The number of aliphatic hydroxyl groups excluding tert-OH is 2. The van der Waals surface area contributed by atoms with Crippen molar-refractivity contribution < 1.29 is 10.2 Å². The van der Waals surface area contributed by atoms with E-state index in [4.69, 9.17) is 11.5 Å². The van der Waals surface area contributed by atoms with Crippen LogP contribution in [0.5, 0.6) is 0 Å². The minimum atomic E-state index is -0.682. The third-order valence-electron chi connectivity index (χ3n) is 2.82. The highest BCUT2D eigenvalue weighted by atomic mass is 32.2. The molecule has 6 nitrogen and oxygen atoms in total. The number of nitrogens with one attached hydrogen (secondary N) is 1. The molecule has 0 bridgehead atoms. The van der Waals surface area contributed by atoms with E-state index < -0.39 is 17.4 Å². The van der Waals surface area contributed by atoms with E-state index in [0.29, 0.717) is 6.42 Å². The van der Waals surface area contributed by atoms with Gasteiger partial charge in [-0.1, -0.05) is 5.92 Å². The summed E-state index contributed by atoms with van der Waals surface area (Å²) in [5.74, 6) is 2.20. The minimum absolute atomic E-state index is 0.0668. The van der Waals surface area contributed by atoms with Crippen LogP contribution in [0.2, 0.25) is 0 Å². The molecule has 96 valence electrons. The zero-order chi connectivity index (χ0) is 13.3. The largest absolute Gasteiger partial charge is 0.395 e. The predicted molar refractivity (Wildman–Crippen MR) is 67.4 cm³/mol. The Kier molecular flexibility index (Phi) is 3.61. The molecule has 2 rings (SSSR count). The molecule has 1 aromatic heterocycles. The van der Waals surface area contributed by atoms with Gasteiger partial charge in [0, 0.05) is 12.6 Å². The maximum absolute atomic E-state index is 11.7. The summed E-state index contributed by atoms with van der Waals surface area (Å²) in [5, 5.41) is 18.1. The lowest BCUT2D eigenvalue weighted by atomic mass is 10.2. The fourth-order valence-electron chi connectivity index (χ4n) is 1.85. The lowest BCUT2D eigenvalue weighted by Crippen LogP contribution is -2.32. The van der Waals surface area contributed by atoms with Crippen LogP contribution in [0.3, 0.4) is 0 Å². The molecule has 7 heteroatoms. The number of nitrogens with zero attached hydrogens (tertiary/aromatic N) is 1. The van der Waals surface area contributed by atoms with Crippen LogP contribution in [-0.4, -0.2) is 37.7 Å². The molecule has 0 unspecified atom stereocenters. The van der Waals surface area contributed by atoms with Gasteiger partial charge in [-0.3, -0.25) is 14.3 Å². The van der Waals surface area contributed by atoms with Crippen molar-refractivity contribution in [2.45, 2.75) is 23.1 Å². The average Bonchev–Trinajstić information content (AvgIpc) is 2.70. The third-order valence-corrected chi connectivity index (χ3v) is 4.36. The van der Waals surface area contributed by atoms with Crippen LogP contribution in [0.4, 0.5) is 0 Å². The van der Waals surface area contributed by atoms with Crippen molar-refractivity contribution in [3.8, 4) is 12.3 Å². The highest BCUT2D eigenvalue weighted by Crippen LogP contribution is 2.40. The molecule has 0 aliphatic carbocycles. The van der Waals surface area contributed by atoms with E-state index in [-0.39, 0.29) is 22.8 Å². The van der Waals surface area contributed by atoms with Crippen LogP contribution in [0.15, 0.2) is 15.8 Å². The van der Waals surface area contributed by atoms with Crippen molar-refractivity contribution in [1.29, 1.82) is 0 Å². The second-order valence-corrected chi connectivity index (χ2v) is 5.39. The molecule has 0 aromatic carbocycles. The van der Waals surface area contributed by atoms with Gasteiger partial charge >= 0.3 is 5.69 Å². The quantitative estimate of drug-likeness (QED) is 0.590. The molecule has 1 saturated heterocycles. The molecule has 0 amide bonds. The smallest absolute Gasteiger partial charge is 0.329 e. The summed E-state index contributed by atoms with van der Waals surface area (Å²) in [6, 6.07) is 0. The molecule has 18 heavy (non-hydrogen) atoms. The summed E-state index contributed by atoms with van der Waals surface area (Å²) < 4.78 is 1.29. The zero-order valence-corrected chi connectivity index (χ0v) is 10.2. The molecule has 0 radical (unpaired) electrons. The van der Waals surface area contributed by atoms with Crippen LogP contribution < -0.4 is 11.2 Å². The third kappa shape index (κ3) is 2.22. The standard InChI is InChI=1S/C11H12N2O4S/c1-2-6-4-13(11(17)12-10(6)16)9-3-7(15)8(5-14)18-9/h1,4,7-9,14-15H,3,5H2,(H,12,16,17)/t7-,8+,9-/m0/s1. The van der Waals surface area contributed by atoms with Crippen molar-refractivity contribution in [2.24, 2.45) is 0 Å². The first-order chi connectivity index (χ1) is 8.56. The van der Waals surface area contributed by atoms with Gasteiger partial charge in [0.25, 0.3) is 5.56 Å². The summed E-state index contributed by atoms with van der Waals surface area (Å²) in [5.41, 5.74) is -1.10. The van der Waals surface area contributed by atoms with E-state index in [0.717, 1.165) is 0 Å². The van der Waals surface area contributed by atoms with Crippen molar-refractivity contribution in [2.75, 3.05) is 6.61 Å². The van der Waals surface area contributed by atoms with Crippen molar-refractivity contribution in [3.63, 3.8) is 0 Å². The molecular weight excluding hydrogens is 256 g/mol. The first-order valence-electron chi connectivity index (χ1n) is 5.33. The molecule has 2 heterocycles. The first-order valence-corrected chi connectivity index (χ1v) is 6.27. The minimum Gasteiger partial charge on any atom is -0.395 e. The molecule has 3 N–H and O–H groups in total. The Morgan fingerprint density at radius 3 is 2.89 bits per heavy atom. The SMILES string of the molecule is C#Cc1cn([C@@H]2C[C@H](O)[C@@H](CO)S2)c(=O)[nH]c1=O. The summed E-state index contributed by atoms with van der Waals surface area (Å²) in [4.78, 5) is 25.1. The highest BCUT2D eigenvalue weighted by Gasteiger charge is 2.34. The van der Waals surface area contributed by atoms with E-state index in [1.165, 1.54) is 22.5 Å². The van der Waals surface area contributed by atoms with Gasteiger partial charge in [-0.2, -0.15) is 0 Å². The Hall–Kier alpha value is -1.49. The fourth-order valence-corrected chi connectivity index (χ4v) is 3.23. The predicted octanol–water partition coefficient (Wildman–Crippen LogP) is -1.12. The molecule has 1 fully saturated rings. The monoisotopic (exact) mass is 268 g/mol. The molecule has 1 aromatic rings. The number of aromatic nitrogens is 2. The van der Waals surface area contributed by atoms with Gasteiger partial charge in [0.2, 0.25) is 0 Å².